The summed E-state index contributed by atoms with van der Waals surface area (Å²) in [6.07, 6.45) is 2.12. The lowest BCUT2D eigenvalue weighted by Crippen LogP contribution is -2.54. The van der Waals surface area contributed by atoms with Crippen molar-refractivity contribution in [2.24, 2.45) is 0 Å². The minimum atomic E-state index is -3.95. The van der Waals surface area contributed by atoms with Crippen molar-refractivity contribution in [1.82, 2.24) is 10.4 Å². The van der Waals surface area contributed by atoms with Crippen LogP contribution in [0.2, 0.25) is 0 Å². The number of fused-ring (bicyclic) bond motifs is 1. The molecule has 0 spiro atoms. The Morgan fingerprint density at radius 1 is 0.931 bits per heavy atom. The molecule has 7 nitrogen and oxygen atoms in total. The Hall–Kier alpha value is -2.55. The van der Waals surface area contributed by atoms with Crippen LogP contribution in [0, 0.1) is 6.92 Å². The first kappa shape index (κ1) is 19.8. The highest BCUT2D eigenvalue weighted by atomic mass is 32.2. The van der Waals surface area contributed by atoms with E-state index in [1.165, 1.54) is 12.1 Å². The summed E-state index contributed by atoms with van der Waals surface area (Å²) in [5.41, 5.74) is 4.57. The van der Waals surface area contributed by atoms with Crippen molar-refractivity contribution in [3.05, 3.63) is 65.2 Å². The first-order chi connectivity index (χ1) is 13.9. The minimum absolute atomic E-state index is 0.0909. The van der Waals surface area contributed by atoms with Gasteiger partial charge in [-0.2, -0.15) is 8.42 Å². The zero-order valence-electron chi connectivity index (χ0n) is 16.0. The molecule has 2 aromatic carbocycles. The second-order valence-electron chi connectivity index (χ2n) is 7.41. The summed E-state index contributed by atoms with van der Waals surface area (Å²) >= 11 is 0. The first-order valence-electron chi connectivity index (χ1n) is 9.61. The van der Waals surface area contributed by atoms with Gasteiger partial charge in [-0.25, -0.2) is 10.4 Å². The van der Waals surface area contributed by atoms with Gasteiger partial charge >= 0.3 is 0 Å². The predicted molar refractivity (Wildman–Crippen MR) is 106 cm³/mol. The molecule has 0 aromatic heterocycles. The number of benzene rings is 2. The number of amides is 2. The lowest BCUT2D eigenvalue weighted by Gasteiger charge is -2.33. The number of carbonyl (C=O) groups excluding carboxylic acids is 2. The van der Waals surface area contributed by atoms with Crippen molar-refractivity contribution in [3.63, 3.8) is 0 Å². The van der Waals surface area contributed by atoms with E-state index in [1.54, 1.807) is 36.4 Å². The van der Waals surface area contributed by atoms with Gasteiger partial charge in [0.25, 0.3) is 21.9 Å². The topological polar surface area (TPSA) is 92.8 Å². The normalized spacial score (nSPS) is 22.0. The van der Waals surface area contributed by atoms with Crippen LogP contribution in [0.4, 0.5) is 0 Å². The van der Waals surface area contributed by atoms with Gasteiger partial charge in [-0.15, -0.1) is 0 Å². The Morgan fingerprint density at radius 3 is 2.14 bits per heavy atom. The van der Waals surface area contributed by atoms with Crippen LogP contribution < -0.4 is 5.43 Å². The largest absolute Gasteiger partial charge is 0.297 e. The fourth-order valence-corrected chi connectivity index (χ4v) is 4.89. The van der Waals surface area contributed by atoms with Crippen LogP contribution in [0.3, 0.4) is 0 Å². The molecule has 8 heteroatoms. The average Bonchev–Trinajstić information content (AvgIpc) is 2.95. The zero-order valence-corrected chi connectivity index (χ0v) is 16.8. The van der Waals surface area contributed by atoms with E-state index in [1.807, 2.05) is 6.92 Å². The molecular formula is C21H22N2O5S. The van der Waals surface area contributed by atoms with Crippen molar-refractivity contribution in [3.8, 4) is 0 Å². The third-order valence-corrected chi connectivity index (χ3v) is 6.70. The van der Waals surface area contributed by atoms with Crippen LogP contribution in [-0.4, -0.2) is 37.4 Å². The minimum Gasteiger partial charge on any atom is -0.267 e. The van der Waals surface area contributed by atoms with E-state index < -0.39 is 34.1 Å². The van der Waals surface area contributed by atoms with Crippen LogP contribution >= 0.6 is 0 Å². The molecule has 29 heavy (non-hydrogen) atoms. The number of carbonyl (C=O) groups is 2. The molecular weight excluding hydrogens is 392 g/mol. The molecule has 0 radical (unpaired) electrons. The second kappa shape index (κ2) is 7.70. The summed E-state index contributed by atoms with van der Waals surface area (Å²) in [4.78, 5) is 25.3. The molecule has 1 fully saturated rings. The summed E-state index contributed by atoms with van der Waals surface area (Å²) in [7, 11) is -3.95. The molecule has 0 saturated heterocycles. The standard InChI is InChI=1S/C21H22N2O5S/c1-14-10-12-15(13-11-14)29(26,27)28-19-9-5-4-8-18(19)22-23-20(24)16-6-2-3-7-17(16)21(23)25/h2-3,6-7,10-13,18-19,22H,4-5,8-9H2,1H3/t18-,19+/m0/s1. The highest BCUT2D eigenvalue weighted by Gasteiger charge is 2.39. The molecule has 2 aliphatic rings. The maximum absolute atomic E-state index is 12.7. The van der Waals surface area contributed by atoms with E-state index in [4.69, 9.17) is 4.18 Å². The molecule has 2 aromatic rings. The van der Waals surface area contributed by atoms with Crippen molar-refractivity contribution in [1.29, 1.82) is 0 Å². The van der Waals surface area contributed by atoms with E-state index >= 15 is 0 Å². The van der Waals surface area contributed by atoms with Gasteiger partial charge in [0.1, 0.15) is 0 Å². The summed E-state index contributed by atoms with van der Waals surface area (Å²) in [6, 6.07) is 12.6. The average molecular weight is 414 g/mol. The van der Waals surface area contributed by atoms with Crippen LogP contribution in [0.1, 0.15) is 52.0 Å². The van der Waals surface area contributed by atoms with Crippen molar-refractivity contribution in [2.75, 3.05) is 0 Å². The van der Waals surface area contributed by atoms with Crippen molar-refractivity contribution in [2.45, 2.75) is 49.6 Å². The van der Waals surface area contributed by atoms with E-state index in [-0.39, 0.29) is 4.90 Å². The van der Waals surface area contributed by atoms with E-state index in [9.17, 15) is 18.0 Å². The molecule has 1 N–H and O–H groups in total. The lowest BCUT2D eigenvalue weighted by molar-refractivity contribution is 0.0387. The number of aryl methyl sites for hydroxylation is 1. The number of nitrogens with zero attached hydrogens (tertiary/aromatic N) is 1. The van der Waals surface area contributed by atoms with Gasteiger partial charge in [0.2, 0.25) is 0 Å². The smallest absolute Gasteiger partial charge is 0.267 e. The third kappa shape index (κ3) is 3.83. The molecule has 2 atom stereocenters. The van der Waals surface area contributed by atoms with Gasteiger partial charge in [0.15, 0.2) is 0 Å². The molecule has 1 heterocycles. The fourth-order valence-electron chi connectivity index (χ4n) is 3.76. The van der Waals surface area contributed by atoms with E-state index in [2.05, 4.69) is 5.43 Å². The van der Waals surface area contributed by atoms with Crippen molar-refractivity contribution < 1.29 is 22.2 Å². The maximum atomic E-state index is 12.7. The highest BCUT2D eigenvalue weighted by molar-refractivity contribution is 7.86. The second-order valence-corrected chi connectivity index (χ2v) is 8.99. The number of hydrazine groups is 1. The quantitative estimate of drug-likeness (QED) is 0.597. The Balaban J connectivity index is 1.52. The molecule has 0 unspecified atom stereocenters. The van der Waals surface area contributed by atoms with Crippen LogP contribution in [0.5, 0.6) is 0 Å². The number of rotatable bonds is 5. The lowest BCUT2D eigenvalue weighted by atomic mass is 9.93. The van der Waals surface area contributed by atoms with Crippen LogP contribution in [0.25, 0.3) is 0 Å². The predicted octanol–water partition coefficient (Wildman–Crippen LogP) is 2.81. The molecule has 0 bridgehead atoms. The molecule has 1 aliphatic carbocycles. The summed E-state index contributed by atoms with van der Waals surface area (Å²) in [5.74, 6) is -0.868. The van der Waals surface area contributed by atoms with Crippen molar-refractivity contribution >= 4 is 21.9 Å². The number of nitrogens with one attached hydrogen (secondary N) is 1. The molecule has 1 aliphatic heterocycles. The van der Waals surface area contributed by atoms with Gasteiger partial charge in [-0.1, -0.05) is 42.7 Å². The summed E-state index contributed by atoms with van der Waals surface area (Å²) in [6.45, 7) is 1.88. The van der Waals surface area contributed by atoms with E-state index in [0.29, 0.717) is 24.0 Å². The first-order valence-corrected chi connectivity index (χ1v) is 11.0. The van der Waals surface area contributed by atoms with Gasteiger partial charge < -0.3 is 0 Å². The summed E-state index contributed by atoms with van der Waals surface area (Å²) < 4.78 is 30.9. The monoisotopic (exact) mass is 414 g/mol. The SMILES string of the molecule is Cc1ccc(S(=O)(=O)O[C@@H]2CCCC[C@@H]2NN2C(=O)c3ccccc3C2=O)cc1. The number of hydrogen-bond donors (Lipinski definition) is 1. The van der Waals surface area contributed by atoms with Gasteiger partial charge in [-0.3, -0.25) is 13.8 Å². The number of imide groups is 1. The Bertz CT molecular complexity index is 1010. The third-order valence-electron chi connectivity index (χ3n) is 5.35. The highest BCUT2D eigenvalue weighted by Crippen LogP contribution is 2.28. The van der Waals surface area contributed by atoms with E-state index in [0.717, 1.165) is 23.4 Å². The number of hydrogen-bond acceptors (Lipinski definition) is 6. The van der Waals surface area contributed by atoms with Crippen LogP contribution in [0.15, 0.2) is 53.4 Å². The Morgan fingerprint density at radius 2 is 1.52 bits per heavy atom. The summed E-state index contributed by atoms with van der Waals surface area (Å²) in [5, 5.41) is 0.982. The zero-order chi connectivity index (χ0) is 20.6. The Kier molecular flexibility index (Phi) is 5.24. The van der Waals surface area contributed by atoms with Gasteiger partial charge in [-0.05, 0) is 44.0 Å². The van der Waals surface area contributed by atoms with Gasteiger partial charge in [0, 0.05) is 0 Å². The molecule has 2 amide bonds. The molecule has 4 rings (SSSR count). The fraction of sp³-hybridized carbons (Fsp3) is 0.333. The maximum Gasteiger partial charge on any atom is 0.297 e. The van der Waals surface area contributed by atoms with Gasteiger partial charge in [0.05, 0.1) is 28.2 Å². The Labute approximate surface area is 169 Å². The molecule has 1 saturated carbocycles. The van der Waals surface area contributed by atoms with Crippen LogP contribution in [-0.2, 0) is 14.3 Å². The molecule has 152 valence electrons.